The number of likely N-dealkylation sites (N-methyl/N-ethyl adjacent to an activating group) is 3. The maximum absolute atomic E-state index is 15.3. The zero-order valence-electron chi connectivity index (χ0n) is 52.5. The normalized spacial score (nSPS) is 21.1. The molecule has 1 saturated heterocycles. The van der Waals surface area contributed by atoms with Crippen molar-refractivity contribution in [3.05, 3.63) is 167 Å². The van der Waals surface area contributed by atoms with E-state index in [4.69, 9.17) is 23.7 Å². The topological polar surface area (TPSA) is 257 Å². The highest BCUT2D eigenvalue weighted by Gasteiger charge is 2.43. The number of phenolic OH excluding ortho intramolecular Hbond substituents is 1. The number of esters is 2. The Kier molecular flexibility index (Phi) is 24.8. The molecule has 5 atom stereocenters. The van der Waals surface area contributed by atoms with Crippen molar-refractivity contribution in [1.82, 2.24) is 30.2 Å². The van der Waals surface area contributed by atoms with Gasteiger partial charge in [-0.05, 0) is 123 Å². The van der Waals surface area contributed by atoms with Gasteiger partial charge in [0.1, 0.15) is 48.4 Å². The molecule has 0 spiro atoms. The van der Waals surface area contributed by atoms with Crippen LogP contribution in [-0.2, 0) is 78.3 Å². The van der Waals surface area contributed by atoms with Crippen LogP contribution in [0.2, 0.25) is 0 Å². The second-order valence-corrected chi connectivity index (χ2v) is 23.4. The summed E-state index contributed by atoms with van der Waals surface area (Å²) in [4.78, 5) is 133. The number of nitrogens with zero attached hydrogens (tertiary/aromatic N) is 4. The Morgan fingerprint density at radius 3 is 1.99 bits per heavy atom. The van der Waals surface area contributed by atoms with Gasteiger partial charge in [0.15, 0.2) is 23.9 Å². The monoisotopic (exact) mass is 1250 g/mol. The predicted molar refractivity (Wildman–Crippen MR) is 334 cm³/mol. The molecule has 21 nitrogen and oxygen atoms in total. The van der Waals surface area contributed by atoms with E-state index in [1.165, 1.54) is 81.1 Å². The molecule has 2 aliphatic heterocycles. The minimum Gasteiger partial charge on any atom is -0.508 e. The highest BCUT2D eigenvalue weighted by molar-refractivity contribution is 6.38. The number of rotatable bonds is 11. The van der Waals surface area contributed by atoms with Crippen molar-refractivity contribution < 1.29 is 76.3 Å². The number of amides is 6. The van der Waals surface area contributed by atoms with Crippen LogP contribution in [0.15, 0.2) is 133 Å². The number of halogens is 1. The smallest absolute Gasteiger partial charge is 0.330 e. The quantitative estimate of drug-likeness (QED) is 0.0948. The molecule has 7 rings (SSSR count). The van der Waals surface area contributed by atoms with Crippen molar-refractivity contribution in [2.45, 2.75) is 108 Å². The molecule has 0 aromatic heterocycles. The Hall–Kier alpha value is -9.60. The second-order valence-electron chi connectivity index (χ2n) is 23.4. The fraction of sp³-hybridized carbons (Fsp3) is 0.406. The van der Waals surface area contributed by atoms with Crippen molar-refractivity contribution in [2.24, 2.45) is 5.41 Å². The van der Waals surface area contributed by atoms with Gasteiger partial charge in [-0.3, -0.25) is 33.6 Å². The molecule has 22 heteroatoms. The van der Waals surface area contributed by atoms with Crippen LogP contribution in [0.3, 0.4) is 0 Å². The highest BCUT2D eigenvalue weighted by atomic mass is 19.1. The second kappa shape index (κ2) is 32.8. The fourth-order valence-corrected chi connectivity index (χ4v) is 10.8. The maximum Gasteiger partial charge on any atom is 0.330 e. The first-order chi connectivity index (χ1) is 43.5. The van der Waals surface area contributed by atoms with Crippen molar-refractivity contribution in [3.8, 4) is 23.0 Å². The Balaban J connectivity index is 1.21. The highest BCUT2D eigenvalue weighted by Crippen LogP contribution is 2.35. The number of carbonyl (C=O) groups excluding carboxylic acids is 9. The summed E-state index contributed by atoms with van der Waals surface area (Å²) in [5, 5.41) is 15.9. The first-order valence-corrected chi connectivity index (χ1v) is 30.3. The van der Waals surface area contributed by atoms with Gasteiger partial charge in [-0.25, -0.2) is 14.0 Å². The molecule has 3 N–H and O–H groups in total. The Labute approximate surface area is 529 Å². The number of aromatic hydroxyl groups is 1. The van der Waals surface area contributed by atoms with E-state index in [1.807, 2.05) is 18.2 Å². The molecule has 1 fully saturated rings. The predicted octanol–water partition coefficient (Wildman–Crippen LogP) is 6.46. The number of carbonyl (C=O) groups is 9. The largest absolute Gasteiger partial charge is 0.508 e. The molecule has 2 aliphatic rings. The summed E-state index contributed by atoms with van der Waals surface area (Å²) in [6, 6.07) is 28.4. The van der Waals surface area contributed by atoms with E-state index in [0.717, 1.165) is 10.5 Å². The first kappa shape index (κ1) is 68.9. The van der Waals surface area contributed by atoms with Crippen molar-refractivity contribution >= 4 is 53.2 Å². The summed E-state index contributed by atoms with van der Waals surface area (Å²) in [7, 11) is 7.06. The molecule has 5 aromatic rings. The number of fused-ring (bicyclic) bond motifs is 3. The number of ether oxygens (including phenoxy) is 5. The Bertz CT molecular complexity index is 3400. The number of nitrogens with one attached hydrogen (secondary N) is 2. The molecular formula is C69H81FN6O15. The lowest BCUT2D eigenvalue weighted by Crippen LogP contribution is -2.57. The summed E-state index contributed by atoms with van der Waals surface area (Å²) < 4.78 is 43.9. The van der Waals surface area contributed by atoms with Crippen molar-refractivity contribution in [3.63, 3.8) is 0 Å². The number of hydrogen-bond acceptors (Lipinski definition) is 15. The average Bonchev–Trinajstić information content (AvgIpc) is 1.22. The number of Topliss-reactive ketones (excluding diaryl/α,β-unsaturated/α-hetero) is 1. The molecule has 0 unspecified atom stereocenters. The maximum atomic E-state index is 15.3. The van der Waals surface area contributed by atoms with Crippen LogP contribution >= 0.6 is 0 Å². The van der Waals surface area contributed by atoms with Gasteiger partial charge in [0, 0.05) is 59.6 Å². The van der Waals surface area contributed by atoms with E-state index in [1.54, 1.807) is 98.1 Å². The van der Waals surface area contributed by atoms with Crippen LogP contribution in [0.1, 0.15) is 86.3 Å². The van der Waals surface area contributed by atoms with Gasteiger partial charge in [-0.2, -0.15) is 0 Å². The van der Waals surface area contributed by atoms with Gasteiger partial charge in [0.25, 0.3) is 11.8 Å². The zero-order valence-corrected chi connectivity index (χ0v) is 52.5. The Morgan fingerprint density at radius 1 is 0.681 bits per heavy atom. The van der Waals surface area contributed by atoms with Crippen LogP contribution in [0, 0.1) is 11.2 Å². The van der Waals surface area contributed by atoms with Gasteiger partial charge in [0.2, 0.25) is 29.4 Å². The number of methoxy groups -OCH3 is 2. The number of ketones is 1. The summed E-state index contributed by atoms with van der Waals surface area (Å²) in [6.07, 6.45) is 3.70. The molecule has 5 aromatic carbocycles. The lowest BCUT2D eigenvalue weighted by molar-refractivity contribution is -0.165. The third kappa shape index (κ3) is 19.4. The summed E-state index contributed by atoms with van der Waals surface area (Å²) >= 11 is 0. The van der Waals surface area contributed by atoms with Crippen LogP contribution in [-0.4, -0.2) is 170 Å². The third-order valence-electron chi connectivity index (χ3n) is 16.1. The molecule has 0 radical (unpaired) electrons. The van der Waals surface area contributed by atoms with Gasteiger partial charge in [-0.1, -0.05) is 91.0 Å². The van der Waals surface area contributed by atoms with Gasteiger partial charge >= 0.3 is 11.9 Å². The molecule has 2 heterocycles. The van der Waals surface area contributed by atoms with E-state index in [2.05, 4.69) is 10.6 Å². The summed E-state index contributed by atoms with van der Waals surface area (Å²) in [5.74, 6) is -7.16. The number of allylic oxidation sites excluding steroid dienone is 1. The van der Waals surface area contributed by atoms with Crippen molar-refractivity contribution in [1.29, 1.82) is 0 Å². The summed E-state index contributed by atoms with van der Waals surface area (Å²) in [5.41, 5.74) is 1.30. The average molecular weight is 1250 g/mol. The number of piperidine rings is 1. The minimum absolute atomic E-state index is 0.0208. The first-order valence-electron chi connectivity index (χ1n) is 30.3. The molecule has 91 heavy (non-hydrogen) atoms. The van der Waals surface area contributed by atoms with E-state index in [-0.39, 0.29) is 74.6 Å². The number of aryl methyl sites for hydroxylation is 1. The lowest BCUT2D eigenvalue weighted by Gasteiger charge is -2.36. The number of phenols is 1. The summed E-state index contributed by atoms with van der Waals surface area (Å²) in [6.45, 7) is 1.57. The van der Waals surface area contributed by atoms with E-state index >= 15 is 4.39 Å². The van der Waals surface area contributed by atoms with Gasteiger partial charge in [0.05, 0.1) is 26.2 Å². The Morgan fingerprint density at radius 2 is 1.33 bits per heavy atom. The van der Waals surface area contributed by atoms with Crippen LogP contribution < -0.4 is 24.8 Å². The molecule has 484 valence electrons. The number of cyclic esters (lactones) is 2. The zero-order chi connectivity index (χ0) is 65.8. The van der Waals surface area contributed by atoms with Crippen LogP contribution in [0.5, 0.6) is 23.0 Å². The van der Waals surface area contributed by atoms with Crippen LogP contribution in [0.4, 0.5) is 4.39 Å². The molecule has 2 bridgehead atoms. The third-order valence-corrected chi connectivity index (χ3v) is 16.1. The number of hydrogen-bond donors (Lipinski definition) is 3. The van der Waals surface area contributed by atoms with E-state index in [9.17, 15) is 48.3 Å². The van der Waals surface area contributed by atoms with Crippen molar-refractivity contribution in [2.75, 3.05) is 68.2 Å². The number of benzene rings is 5. The van der Waals surface area contributed by atoms with Gasteiger partial charge < -0.3 is 59.0 Å². The van der Waals surface area contributed by atoms with Crippen LogP contribution in [0.25, 0.3) is 0 Å². The molecule has 0 saturated carbocycles. The molecule has 0 aliphatic carbocycles. The van der Waals surface area contributed by atoms with E-state index in [0.29, 0.717) is 47.9 Å². The fourth-order valence-electron chi connectivity index (χ4n) is 10.8. The molecule has 6 amide bonds. The lowest BCUT2D eigenvalue weighted by atomic mass is 9.87. The SMILES string of the molecule is COc1cc(CC[C@H]2OC(=O)[C@@H]3CCCCN3C(=O)C(=O)C(C)(C)COC(=O)C=CCCCN(C)C(=O)[C@@H](Cc3ccccc3)NC(=O)CN(C)C(=O)[C@@H](Cc3ccccc3)NC(=O)[C@H](Cc3ccc(O)cc3)N(C)C(=O)COc3cccc2c3)cc(F)c1OC. The molecular weight excluding hydrogens is 1170 g/mol. The van der Waals surface area contributed by atoms with Gasteiger partial charge in [-0.15, -0.1) is 0 Å². The van der Waals surface area contributed by atoms with E-state index < -0.39 is 114 Å². The minimum atomic E-state index is -1.53. The standard InChI is InChI=1S/C69H81FN6O15/c1-69(2)44-90-61(80)27-15-10-17-34-73(3)65(83)53(37-45-20-11-8-12-21-45)71-59(78)42-74(4)66(84)54(38-46-22-13-9-14-23-46)72-64(82)56(39-47-28-31-50(77)32-29-47)75(5)60(79)43-89-51-25-19-24-49(41-51)57(33-30-48-36-52(70)62(88-7)58(40-48)87-6)91-68(86)55-26-16-18-35-76(55)67(85)63(69)81/h8-9,11-15,19-25,27-29,31-32,36,40-41,53-57,77H,10,16-18,26,30,33-35,37-39,42-44H2,1-7H3,(H,71,78)(H,72,82)/t53-,54-,55+,56+,57-/m1/s1.